The molecule has 0 saturated carbocycles. The van der Waals surface area contributed by atoms with Gasteiger partial charge in [0.15, 0.2) is 0 Å². The summed E-state index contributed by atoms with van der Waals surface area (Å²) in [5, 5.41) is 2.94. The molecular formula is C28H41N3O5S. The third-order valence-corrected chi connectivity index (χ3v) is 6.99. The molecule has 1 N–H and O–H groups in total. The molecule has 9 heteroatoms. The van der Waals surface area contributed by atoms with E-state index < -0.39 is 21.6 Å². The predicted molar refractivity (Wildman–Crippen MR) is 148 cm³/mol. The minimum atomic E-state index is -3.55. The highest BCUT2D eigenvalue weighted by Crippen LogP contribution is 2.23. The van der Waals surface area contributed by atoms with Crippen LogP contribution in [0.2, 0.25) is 0 Å². The lowest BCUT2D eigenvalue weighted by molar-refractivity contribution is -0.141. The first-order valence-corrected chi connectivity index (χ1v) is 14.3. The van der Waals surface area contributed by atoms with Gasteiger partial charge in [0.2, 0.25) is 21.8 Å². The van der Waals surface area contributed by atoms with Crippen LogP contribution >= 0.6 is 0 Å². The Bertz CT molecular complexity index is 1180. The summed E-state index contributed by atoms with van der Waals surface area (Å²) < 4.78 is 31.8. The second-order valence-corrected chi connectivity index (χ2v) is 12.5. The summed E-state index contributed by atoms with van der Waals surface area (Å²) in [6.07, 6.45) is 1.57. The first-order valence-electron chi connectivity index (χ1n) is 12.4. The zero-order valence-electron chi connectivity index (χ0n) is 23.3. The molecule has 0 aliphatic heterocycles. The summed E-state index contributed by atoms with van der Waals surface area (Å²) >= 11 is 0. The molecule has 0 unspecified atom stereocenters. The van der Waals surface area contributed by atoms with Crippen molar-refractivity contribution >= 4 is 27.5 Å². The van der Waals surface area contributed by atoms with Crippen molar-refractivity contribution in [2.75, 3.05) is 24.2 Å². The maximum Gasteiger partial charge on any atom is 0.242 e. The maximum absolute atomic E-state index is 13.4. The molecule has 2 amide bonds. The Labute approximate surface area is 222 Å². The van der Waals surface area contributed by atoms with Crippen LogP contribution in [0.1, 0.15) is 57.2 Å². The van der Waals surface area contributed by atoms with E-state index >= 15 is 0 Å². The van der Waals surface area contributed by atoms with Gasteiger partial charge in [0, 0.05) is 25.0 Å². The largest absolute Gasteiger partial charge is 0.497 e. The molecule has 0 aliphatic rings. The number of carbonyl (C=O) groups is 2. The van der Waals surface area contributed by atoms with Gasteiger partial charge in [-0.2, -0.15) is 0 Å². The number of carbonyl (C=O) groups excluding carboxylic acids is 2. The molecule has 8 nitrogen and oxygen atoms in total. The highest BCUT2D eigenvalue weighted by atomic mass is 32.2. The number of methoxy groups -OCH3 is 1. The van der Waals surface area contributed by atoms with Gasteiger partial charge >= 0.3 is 0 Å². The van der Waals surface area contributed by atoms with Gasteiger partial charge < -0.3 is 15.0 Å². The van der Waals surface area contributed by atoms with Crippen LogP contribution in [-0.4, -0.2) is 56.6 Å². The van der Waals surface area contributed by atoms with E-state index in [0.717, 1.165) is 16.7 Å². The minimum Gasteiger partial charge on any atom is -0.497 e. The van der Waals surface area contributed by atoms with Gasteiger partial charge in [-0.1, -0.05) is 18.2 Å². The lowest BCUT2D eigenvalue weighted by Crippen LogP contribution is -2.52. The van der Waals surface area contributed by atoms with E-state index in [2.05, 4.69) is 5.32 Å². The third-order valence-electron chi connectivity index (χ3n) is 5.80. The normalized spacial score (nSPS) is 12.5. The van der Waals surface area contributed by atoms with Crippen LogP contribution in [0.5, 0.6) is 5.75 Å². The molecule has 0 saturated heterocycles. The monoisotopic (exact) mass is 531 g/mol. The van der Waals surface area contributed by atoms with Crippen LogP contribution in [0.3, 0.4) is 0 Å². The van der Waals surface area contributed by atoms with Crippen molar-refractivity contribution < 1.29 is 22.7 Å². The number of aryl methyl sites for hydroxylation is 2. The summed E-state index contributed by atoms with van der Waals surface area (Å²) in [6.45, 7) is 11.6. The summed E-state index contributed by atoms with van der Waals surface area (Å²) in [5.74, 6) is 0.180. The smallest absolute Gasteiger partial charge is 0.242 e. The second kappa shape index (κ2) is 12.4. The van der Waals surface area contributed by atoms with E-state index in [4.69, 9.17) is 4.74 Å². The van der Waals surface area contributed by atoms with Crippen LogP contribution in [0.25, 0.3) is 0 Å². The molecule has 0 aliphatic carbocycles. The molecule has 2 aromatic rings. The molecule has 2 aromatic carbocycles. The van der Waals surface area contributed by atoms with Crippen molar-refractivity contribution in [3.8, 4) is 5.75 Å². The Morgan fingerprint density at radius 1 is 1.05 bits per heavy atom. The van der Waals surface area contributed by atoms with Crippen molar-refractivity contribution in [2.45, 2.75) is 72.5 Å². The molecule has 0 bridgehead atoms. The van der Waals surface area contributed by atoms with Gasteiger partial charge in [-0.3, -0.25) is 13.9 Å². The number of rotatable bonds is 11. The number of hydrogen-bond acceptors (Lipinski definition) is 5. The number of amides is 2. The lowest BCUT2D eigenvalue weighted by Gasteiger charge is -2.32. The van der Waals surface area contributed by atoms with Crippen LogP contribution in [0.4, 0.5) is 5.69 Å². The van der Waals surface area contributed by atoms with E-state index in [1.807, 2.05) is 77.1 Å². The zero-order valence-corrected chi connectivity index (χ0v) is 24.1. The second-order valence-electron chi connectivity index (χ2n) is 10.6. The molecule has 0 radical (unpaired) electrons. The highest BCUT2D eigenvalue weighted by molar-refractivity contribution is 7.92. The van der Waals surface area contributed by atoms with Gasteiger partial charge in [0.05, 0.1) is 19.1 Å². The summed E-state index contributed by atoms with van der Waals surface area (Å²) in [5.41, 5.74) is 2.89. The van der Waals surface area contributed by atoms with Crippen molar-refractivity contribution in [3.05, 3.63) is 59.2 Å². The molecule has 1 atom stereocenters. The fourth-order valence-corrected chi connectivity index (χ4v) is 5.07. The third kappa shape index (κ3) is 9.39. The van der Waals surface area contributed by atoms with Gasteiger partial charge in [0.25, 0.3) is 0 Å². The standard InChI is InChI=1S/C28H41N3O5S/c1-20-15-21(2)17-24(16-20)31(37(8,34)35)14-10-13-26(32)30(22(3)27(33)29-28(4,5)6)19-23-11-9-12-25(18-23)36-7/h9,11-12,15-18,22H,10,13-14,19H2,1-8H3,(H,29,33)/t22-/m1/s1. The van der Waals surface area contributed by atoms with Gasteiger partial charge in [-0.25, -0.2) is 8.42 Å². The Morgan fingerprint density at radius 3 is 2.22 bits per heavy atom. The number of nitrogens with one attached hydrogen (secondary N) is 1. The van der Waals surface area contributed by atoms with Crippen LogP contribution < -0.4 is 14.4 Å². The van der Waals surface area contributed by atoms with E-state index in [9.17, 15) is 18.0 Å². The fourth-order valence-electron chi connectivity index (χ4n) is 4.12. The number of ether oxygens (including phenoxy) is 1. The number of hydrogen-bond donors (Lipinski definition) is 1. The molecule has 0 spiro atoms. The molecule has 0 aromatic heterocycles. The average molecular weight is 532 g/mol. The summed E-state index contributed by atoms with van der Waals surface area (Å²) in [6, 6.07) is 12.3. The number of nitrogens with zero attached hydrogens (tertiary/aromatic N) is 2. The van der Waals surface area contributed by atoms with Crippen LogP contribution in [0.15, 0.2) is 42.5 Å². The summed E-state index contributed by atoms with van der Waals surface area (Å²) in [7, 11) is -1.97. The number of benzene rings is 2. The molecule has 204 valence electrons. The van der Waals surface area contributed by atoms with E-state index in [1.54, 1.807) is 14.0 Å². The van der Waals surface area contributed by atoms with Crippen molar-refractivity contribution in [3.63, 3.8) is 0 Å². The molecular weight excluding hydrogens is 490 g/mol. The van der Waals surface area contributed by atoms with Gasteiger partial charge in [0.1, 0.15) is 11.8 Å². The molecule has 37 heavy (non-hydrogen) atoms. The SMILES string of the molecule is COc1cccc(CN(C(=O)CCCN(c2cc(C)cc(C)c2)S(C)(=O)=O)[C@H](C)C(=O)NC(C)(C)C)c1. The molecule has 0 heterocycles. The predicted octanol–water partition coefficient (Wildman–Crippen LogP) is 4.19. The van der Waals surface area contributed by atoms with Crippen molar-refractivity contribution in [1.29, 1.82) is 0 Å². The quantitative estimate of drug-likeness (QED) is 0.469. The Morgan fingerprint density at radius 2 is 1.68 bits per heavy atom. The molecule has 2 rings (SSSR count). The van der Waals surface area contributed by atoms with Gasteiger partial charge in [-0.15, -0.1) is 0 Å². The Hall–Kier alpha value is -3.07. The van der Waals surface area contributed by atoms with Gasteiger partial charge in [-0.05, 0) is 88.9 Å². The van der Waals surface area contributed by atoms with E-state index in [-0.39, 0.29) is 31.3 Å². The Kier molecular flexibility index (Phi) is 10.1. The topological polar surface area (TPSA) is 96.0 Å². The lowest BCUT2D eigenvalue weighted by atomic mass is 10.1. The number of sulfonamides is 1. The summed E-state index contributed by atoms with van der Waals surface area (Å²) in [4.78, 5) is 27.9. The van der Waals surface area contributed by atoms with Crippen molar-refractivity contribution in [2.24, 2.45) is 0 Å². The first kappa shape index (κ1) is 30.2. The van der Waals surface area contributed by atoms with Crippen molar-refractivity contribution in [1.82, 2.24) is 10.2 Å². The zero-order chi connectivity index (χ0) is 28.0. The minimum absolute atomic E-state index is 0.0912. The van der Waals surface area contributed by atoms with E-state index in [1.165, 1.54) is 15.5 Å². The Balaban J connectivity index is 2.23. The highest BCUT2D eigenvalue weighted by Gasteiger charge is 2.28. The maximum atomic E-state index is 13.4. The first-order chi connectivity index (χ1) is 17.1. The van der Waals surface area contributed by atoms with E-state index in [0.29, 0.717) is 17.9 Å². The number of anilines is 1. The van der Waals surface area contributed by atoms with Crippen LogP contribution in [0, 0.1) is 13.8 Å². The van der Waals surface area contributed by atoms with Crippen LogP contribution in [-0.2, 0) is 26.2 Å². The average Bonchev–Trinajstić information content (AvgIpc) is 2.77. The fraction of sp³-hybridized carbons (Fsp3) is 0.500. The molecule has 0 fully saturated rings.